The number of benzene rings is 1. The van der Waals surface area contributed by atoms with Gasteiger partial charge in [-0.3, -0.25) is 14.4 Å². The number of amidine groups is 1. The third-order valence-corrected chi connectivity index (χ3v) is 3.24. The molecule has 0 radical (unpaired) electrons. The zero-order valence-electron chi connectivity index (χ0n) is 11.4. The molecular formula is C14H12N2O4S. The van der Waals surface area contributed by atoms with Crippen molar-refractivity contribution in [1.29, 1.82) is 0 Å². The smallest absolute Gasteiger partial charge is 0.308 e. The maximum Gasteiger partial charge on any atom is 0.308 e. The van der Waals surface area contributed by atoms with Gasteiger partial charge in [-0.25, -0.2) is 0 Å². The molecule has 0 aromatic heterocycles. The van der Waals surface area contributed by atoms with Crippen LogP contribution in [0, 0.1) is 0 Å². The van der Waals surface area contributed by atoms with Crippen molar-refractivity contribution >= 4 is 40.8 Å². The Balaban J connectivity index is 2.09. The van der Waals surface area contributed by atoms with Crippen LogP contribution in [0.15, 0.2) is 34.2 Å². The maximum atomic E-state index is 11.7. The second-order valence-electron chi connectivity index (χ2n) is 4.18. The lowest BCUT2D eigenvalue weighted by molar-refractivity contribution is -0.132. The van der Waals surface area contributed by atoms with E-state index in [0.717, 1.165) is 17.3 Å². The predicted molar refractivity (Wildman–Crippen MR) is 79.6 cm³/mol. The number of amides is 2. The molecule has 1 aromatic carbocycles. The highest BCUT2D eigenvalue weighted by atomic mass is 32.2. The predicted octanol–water partition coefficient (Wildman–Crippen LogP) is 1.72. The van der Waals surface area contributed by atoms with E-state index < -0.39 is 11.9 Å². The Labute approximate surface area is 125 Å². The minimum atomic E-state index is -0.396. The Bertz CT molecular complexity index is 662. The van der Waals surface area contributed by atoms with Crippen LogP contribution < -0.4 is 10.1 Å². The van der Waals surface area contributed by atoms with Gasteiger partial charge in [0.1, 0.15) is 5.75 Å². The summed E-state index contributed by atoms with van der Waals surface area (Å²) in [6, 6.07) is 6.70. The van der Waals surface area contributed by atoms with E-state index in [1.165, 1.54) is 13.8 Å². The number of hydrogen-bond acceptors (Lipinski definition) is 5. The number of hydrogen-bond donors (Lipinski definition) is 1. The SMILES string of the molecule is CC(=O)NC1=NC(=O)C(=Cc2ccc(OC(C)=O)cc2)S1. The van der Waals surface area contributed by atoms with Gasteiger partial charge in [-0.1, -0.05) is 12.1 Å². The zero-order valence-corrected chi connectivity index (χ0v) is 12.2. The Morgan fingerprint density at radius 2 is 1.90 bits per heavy atom. The summed E-state index contributed by atoms with van der Waals surface area (Å²) in [5.41, 5.74) is 0.765. The van der Waals surface area contributed by atoms with Crippen molar-refractivity contribution in [3.05, 3.63) is 34.7 Å². The third-order valence-electron chi connectivity index (χ3n) is 2.34. The summed E-state index contributed by atoms with van der Waals surface area (Å²) >= 11 is 1.10. The van der Waals surface area contributed by atoms with Crippen molar-refractivity contribution < 1.29 is 19.1 Å². The first-order valence-corrected chi connectivity index (χ1v) is 6.84. The van der Waals surface area contributed by atoms with E-state index in [1.807, 2.05) is 0 Å². The van der Waals surface area contributed by atoms with Crippen molar-refractivity contribution in [2.75, 3.05) is 0 Å². The molecule has 0 saturated heterocycles. The lowest BCUT2D eigenvalue weighted by Crippen LogP contribution is -2.23. The fraction of sp³-hybridized carbons (Fsp3) is 0.143. The first kappa shape index (κ1) is 15.0. The average molecular weight is 304 g/mol. The first-order chi connectivity index (χ1) is 9.94. The van der Waals surface area contributed by atoms with Crippen LogP contribution >= 0.6 is 11.8 Å². The monoisotopic (exact) mass is 304 g/mol. The first-order valence-electron chi connectivity index (χ1n) is 6.02. The van der Waals surface area contributed by atoms with E-state index in [1.54, 1.807) is 30.3 Å². The van der Waals surface area contributed by atoms with Crippen LogP contribution in [0.5, 0.6) is 5.75 Å². The molecule has 1 aliphatic heterocycles. The Hall–Kier alpha value is -2.41. The lowest BCUT2D eigenvalue weighted by Gasteiger charge is -2.01. The van der Waals surface area contributed by atoms with Crippen molar-refractivity contribution in [3.63, 3.8) is 0 Å². The summed E-state index contributed by atoms with van der Waals surface area (Å²) < 4.78 is 4.92. The average Bonchev–Trinajstić information content (AvgIpc) is 2.70. The van der Waals surface area contributed by atoms with Crippen LogP contribution in [0.3, 0.4) is 0 Å². The van der Waals surface area contributed by atoms with Gasteiger partial charge in [-0.15, -0.1) is 0 Å². The number of esters is 1. The minimum Gasteiger partial charge on any atom is -0.427 e. The molecule has 6 nitrogen and oxygen atoms in total. The van der Waals surface area contributed by atoms with Gasteiger partial charge in [-0.05, 0) is 35.5 Å². The number of thioether (sulfide) groups is 1. The number of aliphatic imine (C=N–C) groups is 1. The summed E-state index contributed by atoms with van der Waals surface area (Å²) in [7, 11) is 0. The molecule has 2 amide bonds. The van der Waals surface area contributed by atoms with E-state index in [0.29, 0.717) is 10.7 Å². The Morgan fingerprint density at radius 1 is 1.24 bits per heavy atom. The van der Waals surface area contributed by atoms with Crippen LogP contribution in [-0.2, 0) is 14.4 Å². The van der Waals surface area contributed by atoms with Gasteiger partial charge in [-0.2, -0.15) is 4.99 Å². The Kier molecular flexibility index (Phi) is 4.54. The topological polar surface area (TPSA) is 84.8 Å². The van der Waals surface area contributed by atoms with E-state index in [2.05, 4.69) is 10.3 Å². The van der Waals surface area contributed by atoms with Crippen molar-refractivity contribution in [1.82, 2.24) is 5.32 Å². The summed E-state index contributed by atoms with van der Waals surface area (Å²) in [6.45, 7) is 2.67. The number of rotatable bonds is 2. The molecule has 1 aromatic rings. The molecule has 1 heterocycles. The van der Waals surface area contributed by atoms with Crippen LogP contribution in [0.25, 0.3) is 6.08 Å². The quantitative estimate of drug-likeness (QED) is 0.511. The highest BCUT2D eigenvalue weighted by Gasteiger charge is 2.22. The second kappa shape index (κ2) is 6.36. The molecule has 0 spiro atoms. The van der Waals surface area contributed by atoms with Crippen LogP contribution in [0.2, 0.25) is 0 Å². The van der Waals surface area contributed by atoms with E-state index >= 15 is 0 Å². The van der Waals surface area contributed by atoms with Crippen LogP contribution in [0.1, 0.15) is 19.4 Å². The van der Waals surface area contributed by atoms with Gasteiger partial charge in [0.25, 0.3) is 5.91 Å². The fourth-order valence-corrected chi connectivity index (χ4v) is 2.42. The van der Waals surface area contributed by atoms with Crippen LogP contribution in [0.4, 0.5) is 0 Å². The van der Waals surface area contributed by atoms with Crippen molar-refractivity contribution in [2.45, 2.75) is 13.8 Å². The molecule has 7 heteroatoms. The summed E-state index contributed by atoms with van der Waals surface area (Å²) in [5.74, 6) is -0.630. The van der Waals surface area contributed by atoms with Gasteiger partial charge in [0.15, 0.2) is 5.17 Å². The molecule has 1 N–H and O–H groups in total. The van der Waals surface area contributed by atoms with Gasteiger partial charge in [0, 0.05) is 13.8 Å². The van der Waals surface area contributed by atoms with Crippen molar-refractivity contribution in [3.8, 4) is 5.75 Å². The molecule has 0 unspecified atom stereocenters. The van der Waals surface area contributed by atoms with Gasteiger partial charge in [0.2, 0.25) is 5.91 Å². The zero-order chi connectivity index (χ0) is 15.4. The molecule has 21 heavy (non-hydrogen) atoms. The molecule has 0 atom stereocenters. The van der Waals surface area contributed by atoms with E-state index in [4.69, 9.17) is 4.74 Å². The molecular weight excluding hydrogens is 292 g/mol. The van der Waals surface area contributed by atoms with E-state index in [-0.39, 0.29) is 11.1 Å². The second-order valence-corrected chi connectivity index (χ2v) is 5.21. The fourth-order valence-electron chi connectivity index (χ4n) is 1.56. The Morgan fingerprint density at radius 3 is 2.48 bits per heavy atom. The number of carbonyl (C=O) groups excluding carboxylic acids is 3. The standard InChI is InChI=1S/C14H12N2O4S/c1-8(17)15-14-16-13(19)12(21-14)7-10-3-5-11(6-4-10)20-9(2)18/h3-7H,1-2H3,(H,15,16,17,19). The number of nitrogens with zero attached hydrogens (tertiary/aromatic N) is 1. The molecule has 0 saturated carbocycles. The molecule has 0 fully saturated rings. The largest absolute Gasteiger partial charge is 0.427 e. The van der Waals surface area contributed by atoms with E-state index in [9.17, 15) is 14.4 Å². The number of ether oxygens (including phenoxy) is 1. The molecule has 0 bridgehead atoms. The highest BCUT2D eigenvalue weighted by molar-refractivity contribution is 8.18. The van der Waals surface area contributed by atoms with Gasteiger partial charge in [0.05, 0.1) is 4.91 Å². The summed E-state index contributed by atoms with van der Waals surface area (Å²) in [4.78, 5) is 37.6. The summed E-state index contributed by atoms with van der Waals surface area (Å²) in [6.07, 6.45) is 1.66. The maximum absolute atomic E-state index is 11.7. The van der Waals surface area contributed by atoms with Gasteiger partial charge < -0.3 is 10.1 Å². The van der Waals surface area contributed by atoms with Crippen LogP contribution in [-0.4, -0.2) is 23.0 Å². The molecule has 108 valence electrons. The van der Waals surface area contributed by atoms with Crippen molar-refractivity contribution in [2.24, 2.45) is 4.99 Å². The van der Waals surface area contributed by atoms with Gasteiger partial charge >= 0.3 is 5.97 Å². The highest BCUT2D eigenvalue weighted by Crippen LogP contribution is 2.27. The third kappa shape index (κ3) is 4.28. The normalized spacial score (nSPS) is 15.8. The number of carbonyl (C=O) groups is 3. The minimum absolute atomic E-state index is 0.273. The molecule has 0 aliphatic carbocycles. The lowest BCUT2D eigenvalue weighted by atomic mass is 10.2. The molecule has 1 aliphatic rings. The number of nitrogens with one attached hydrogen (secondary N) is 1. The summed E-state index contributed by atoms with van der Waals surface area (Å²) in [5, 5.41) is 2.75. The molecule has 2 rings (SSSR count).